The number of carbonyl (C=O) groups is 1. The van der Waals surface area contributed by atoms with Crippen molar-refractivity contribution in [3.8, 4) is 0 Å². The summed E-state index contributed by atoms with van der Waals surface area (Å²) in [4.78, 5) is 14.2. The molecule has 0 aromatic heterocycles. The first-order chi connectivity index (χ1) is 12.2. The van der Waals surface area contributed by atoms with E-state index >= 15 is 0 Å². The predicted octanol–water partition coefficient (Wildman–Crippen LogP) is 5.16. The lowest BCUT2D eigenvalue weighted by atomic mass is 10.2. The Hall–Kier alpha value is -2.49. The van der Waals surface area contributed by atoms with Gasteiger partial charge in [-0.05, 0) is 67.8 Å². The van der Waals surface area contributed by atoms with Crippen LogP contribution in [0.3, 0.4) is 0 Å². The number of hydrogen-bond donors (Lipinski definition) is 2. The number of nitrogens with one attached hydrogen (secondary N) is 2. The van der Waals surface area contributed by atoms with Crippen molar-refractivity contribution in [2.75, 3.05) is 28.6 Å². The second-order valence-electron chi connectivity index (χ2n) is 6.60. The van der Waals surface area contributed by atoms with Gasteiger partial charge in [-0.1, -0.05) is 13.3 Å². The van der Waals surface area contributed by atoms with Crippen LogP contribution in [0.2, 0.25) is 0 Å². The minimum atomic E-state index is 0.0834. The zero-order valence-electron chi connectivity index (χ0n) is 14.9. The average molecular weight is 337 g/mol. The van der Waals surface area contributed by atoms with E-state index in [1.54, 1.807) is 0 Å². The molecule has 4 nitrogen and oxygen atoms in total. The van der Waals surface area contributed by atoms with Crippen LogP contribution in [-0.4, -0.2) is 19.0 Å². The molecule has 0 spiro atoms. The molecule has 4 heteroatoms. The Morgan fingerprint density at radius 2 is 1.48 bits per heavy atom. The number of rotatable bonds is 7. The van der Waals surface area contributed by atoms with Gasteiger partial charge >= 0.3 is 0 Å². The van der Waals surface area contributed by atoms with Crippen molar-refractivity contribution >= 4 is 28.7 Å². The second-order valence-corrected chi connectivity index (χ2v) is 6.60. The van der Waals surface area contributed by atoms with Gasteiger partial charge in [-0.25, -0.2) is 0 Å². The van der Waals surface area contributed by atoms with Crippen molar-refractivity contribution in [1.29, 1.82) is 0 Å². The van der Waals surface area contributed by atoms with Crippen molar-refractivity contribution in [2.45, 2.75) is 39.0 Å². The summed E-state index contributed by atoms with van der Waals surface area (Å²) in [5, 5.41) is 6.34. The van der Waals surface area contributed by atoms with Crippen LogP contribution < -0.4 is 15.5 Å². The van der Waals surface area contributed by atoms with Crippen LogP contribution in [-0.2, 0) is 4.79 Å². The van der Waals surface area contributed by atoms with E-state index in [0.717, 1.165) is 43.0 Å². The molecule has 1 fully saturated rings. The van der Waals surface area contributed by atoms with E-state index in [-0.39, 0.29) is 5.91 Å². The Labute approximate surface area is 150 Å². The lowest BCUT2D eigenvalue weighted by Gasteiger charge is -2.18. The number of benzene rings is 2. The molecule has 2 aromatic rings. The molecule has 132 valence electrons. The van der Waals surface area contributed by atoms with Gasteiger partial charge in [0.05, 0.1) is 0 Å². The molecule has 0 atom stereocenters. The number of carbonyl (C=O) groups excluding carboxylic acids is 1. The maximum Gasteiger partial charge on any atom is 0.224 e. The molecule has 2 N–H and O–H groups in total. The molecule has 1 heterocycles. The van der Waals surface area contributed by atoms with Crippen molar-refractivity contribution in [1.82, 2.24) is 0 Å². The van der Waals surface area contributed by atoms with E-state index in [1.165, 1.54) is 18.5 Å². The lowest BCUT2D eigenvalue weighted by molar-refractivity contribution is -0.116. The molecule has 0 aliphatic carbocycles. The van der Waals surface area contributed by atoms with Gasteiger partial charge in [-0.15, -0.1) is 0 Å². The van der Waals surface area contributed by atoms with Crippen LogP contribution in [0.4, 0.5) is 22.7 Å². The highest BCUT2D eigenvalue weighted by Gasteiger charge is 2.11. The first-order valence-electron chi connectivity index (χ1n) is 9.26. The van der Waals surface area contributed by atoms with Crippen molar-refractivity contribution in [3.05, 3.63) is 48.5 Å². The first kappa shape index (κ1) is 17.3. The summed E-state index contributed by atoms with van der Waals surface area (Å²) < 4.78 is 0. The molecule has 0 radical (unpaired) electrons. The number of anilines is 4. The van der Waals surface area contributed by atoms with Crippen molar-refractivity contribution in [2.24, 2.45) is 0 Å². The van der Waals surface area contributed by atoms with E-state index in [9.17, 15) is 4.79 Å². The Balaban J connectivity index is 1.55. The second kappa shape index (κ2) is 8.56. The molecule has 1 saturated heterocycles. The molecule has 1 aliphatic rings. The van der Waals surface area contributed by atoms with Crippen LogP contribution in [0, 0.1) is 0 Å². The molecular formula is C21H27N3O. The lowest BCUT2D eigenvalue weighted by Crippen LogP contribution is -2.17. The van der Waals surface area contributed by atoms with Crippen LogP contribution in [0.25, 0.3) is 0 Å². The number of nitrogens with zero attached hydrogens (tertiary/aromatic N) is 1. The van der Waals surface area contributed by atoms with Gasteiger partial charge < -0.3 is 15.5 Å². The van der Waals surface area contributed by atoms with Gasteiger partial charge in [0.2, 0.25) is 5.91 Å². The van der Waals surface area contributed by atoms with E-state index in [4.69, 9.17) is 0 Å². The average Bonchev–Trinajstić information content (AvgIpc) is 3.17. The van der Waals surface area contributed by atoms with Gasteiger partial charge in [0.15, 0.2) is 0 Å². The molecule has 2 aromatic carbocycles. The van der Waals surface area contributed by atoms with Crippen LogP contribution in [0.15, 0.2) is 48.5 Å². The molecule has 0 bridgehead atoms. The highest BCUT2D eigenvalue weighted by molar-refractivity contribution is 5.90. The van der Waals surface area contributed by atoms with Gasteiger partial charge in [0.25, 0.3) is 0 Å². The Kier molecular flexibility index (Phi) is 5.94. The minimum Gasteiger partial charge on any atom is -0.372 e. The monoisotopic (exact) mass is 337 g/mol. The summed E-state index contributed by atoms with van der Waals surface area (Å²) in [6, 6.07) is 16.4. The van der Waals surface area contributed by atoms with Gasteiger partial charge in [-0.3, -0.25) is 4.79 Å². The molecule has 0 saturated carbocycles. The minimum absolute atomic E-state index is 0.0834. The Morgan fingerprint density at radius 1 is 0.920 bits per heavy atom. The third kappa shape index (κ3) is 4.99. The predicted molar refractivity (Wildman–Crippen MR) is 106 cm³/mol. The fourth-order valence-corrected chi connectivity index (χ4v) is 3.10. The molecule has 25 heavy (non-hydrogen) atoms. The SMILES string of the molecule is CCCCC(=O)Nc1ccc(Nc2ccc(N3CCCC3)cc2)cc1. The van der Waals surface area contributed by atoms with Crippen molar-refractivity contribution < 1.29 is 4.79 Å². The standard InChI is InChI=1S/C21H27N3O/c1-2-3-6-21(25)23-19-9-7-17(8-10-19)22-18-11-13-20(14-12-18)24-15-4-5-16-24/h7-14,22H,2-6,15-16H2,1H3,(H,23,25). The molecular weight excluding hydrogens is 310 g/mol. The van der Waals surface area contributed by atoms with E-state index < -0.39 is 0 Å². The third-order valence-corrected chi connectivity index (χ3v) is 4.55. The van der Waals surface area contributed by atoms with E-state index in [0.29, 0.717) is 6.42 Å². The fraction of sp³-hybridized carbons (Fsp3) is 0.381. The largest absolute Gasteiger partial charge is 0.372 e. The Morgan fingerprint density at radius 3 is 2.08 bits per heavy atom. The molecule has 1 amide bonds. The van der Waals surface area contributed by atoms with Crippen molar-refractivity contribution in [3.63, 3.8) is 0 Å². The third-order valence-electron chi connectivity index (χ3n) is 4.55. The molecule has 0 unspecified atom stereocenters. The number of amides is 1. The van der Waals surface area contributed by atoms with Crippen LogP contribution >= 0.6 is 0 Å². The van der Waals surface area contributed by atoms with Gasteiger partial charge in [-0.2, -0.15) is 0 Å². The zero-order valence-corrected chi connectivity index (χ0v) is 14.9. The smallest absolute Gasteiger partial charge is 0.224 e. The summed E-state index contributed by atoms with van der Waals surface area (Å²) in [6.07, 6.45) is 5.13. The topological polar surface area (TPSA) is 44.4 Å². The fourth-order valence-electron chi connectivity index (χ4n) is 3.10. The maximum absolute atomic E-state index is 11.8. The number of hydrogen-bond acceptors (Lipinski definition) is 3. The summed E-state index contributed by atoms with van der Waals surface area (Å²) in [6.45, 7) is 4.42. The first-order valence-corrected chi connectivity index (χ1v) is 9.26. The van der Waals surface area contributed by atoms with E-state index in [1.807, 2.05) is 24.3 Å². The quantitative estimate of drug-likeness (QED) is 0.733. The maximum atomic E-state index is 11.8. The summed E-state index contributed by atoms with van der Waals surface area (Å²) in [5.74, 6) is 0.0834. The van der Waals surface area contributed by atoms with Gasteiger partial charge in [0, 0.05) is 42.3 Å². The highest BCUT2D eigenvalue weighted by atomic mass is 16.1. The molecule has 3 rings (SSSR count). The van der Waals surface area contributed by atoms with Crippen LogP contribution in [0.5, 0.6) is 0 Å². The number of unbranched alkanes of at least 4 members (excludes halogenated alkanes) is 1. The van der Waals surface area contributed by atoms with Gasteiger partial charge in [0.1, 0.15) is 0 Å². The zero-order chi connectivity index (χ0) is 17.5. The summed E-state index contributed by atoms with van der Waals surface area (Å²) in [5.41, 5.74) is 4.23. The summed E-state index contributed by atoms with van der Waals surface area (Å²) >= 11 is 0. The summed E-state index contributed by atoms with van der Waals surface area (Å²) in [7, 11) is 0. The highest BCUT2D eigenvalue weighted by Crippen LogP contribution is 2.24. The van der Waals surface area contributed by atoms with E-state index in [2.05, 4.69) is 46.7 Å². The molecule has 1 aliphatic heterocycles. The normalized spacial score (nSPS) is 13.7. The Bertz CT molecular complexity index is 673. The van der Waals surface area contributed by atoms with Crippen LogP contribution in [0.1, 0.15) is 39.0 Å².